The lowest BCUT2D eigenvalue weighted by molar-refractivity contribution is 1.11. The molecular formula is C49H36N2. The van der Waals surface area contributed by atoms with Gasteiger partial charge in [0.1, 0.15) is 0 Å². The molecule has 0 aliphatic rings. The van der Waals surface area contributed by atoms with Gasteiger partial charge in [0, 0.05) is 33.1 Å². The van der Waals surface area contributed by atoms with Crippen LogP contribution in [0.25, 0.3) is 84.1 Å². The van der Waals surface area contributed by atoms with E-state index in [1.807, 2.05) is 6.08 Å². The van der Waals surface area contributed by atoms with Gasteiger partial charge in [0.25, 0.3) is 0 Å². The Balaban J connectivity index is 1.15. The van der Waals surface area contributed by atoms with Gasteiger partial charge in [0.15, 0.2) is 0 Å². The molecule has 51 heavy (non-hydrogen) atoms. The fourth-order valence-corrected chi connectivity index (χ4v) is 7.60. The molecule has 0 bridgehead atoms. The van der Waals surface area contributed by atoms with Gasteiger partial charge in [-0.1, -0.05) is 134 Å². The quantitative estimate of drug-likeness (QED) is 0.162. The molecule has 0 radical (unpaired) electrons. The van der Waals surface area contributed by atoms with Crippen molar-refractivity contribution >= 4 is 50.4 Å². The number of hydrogen-bond donors (Lipinski definition) is 0. The monoisotopic (exact) mass is 652 g/mol. The highest BCUT2D eigenvalue weighted by atomic mass is 15.0. The molecule has 7 aromatic carbocycles. The Morgan fingerprint density at radius 3 is 1.73 bits per heavy atom. The molecular weight excluding hydrogens is 617 g/mol. The highest BCUT2D eigenvalue weighted by Gasteiger charge is 2.17. The Labute approximate surface area is 298 Å². The Hall–Kier alpha value is -6.64. The Morgan fingerprint density at radius 2 is 1.02 bits per heavy atom. The van der Waals surface area contributed by atoms with Crippen molar-refractivity contribution in [3.63, 3.8) is 0 Å². The topological polar surface area (TPSA) is 9.86 Å². The third-order valence-electron chi connectivity index (χ3n) is 10.1. The zero-order chi connectivity index (χ0) is 34.3. The van der Waals surface area contributed by atoms with Crippen LogP contribution in [0.2, 0.25) is 0 Å². The van der Waals surface area contributed by atoms with Crippen LogP contribution in [0.3, 0.4) is 0 Å². The van der Waals surface area contributed by atoms with Gasteiger partial charge in [-0.05, 0) is 101 Å². The molecule has 0 aliphatic heterocycles. The van der Waals surface area contributed by atoms with E-state index in [0.717, 1.165) is 22.6 Å². The number of aromatic nitrogens is 2. The molecule has 9 rings (SSSR count). The van der Waals surface area contributed by atoms with E-state index in [9.17, 15) is 0 Å². The first kappa shape index (κ1) is 30.4. The summed E-state index contributed by atoms with van der Waals surface area (Å²) in [4.78, 5) is 0. The van der Waals surface area contributed by atoms with Gasteiger partial charge in [-0.25, -0.2) is 0 Å². The molecule has 2 nitrogen and oxygen atoms in total. The summed E-state index contributed by atoms with van der Waals surface area (Å²) in [7, 11) is 0. The summed E-state index contributed by atoms with van der Waals surface area (Å²) in [6.45, 7) is 6.53. The molecule has 0 N–H and O–H groups in total. The van der Waals surface area contributed by atoms with Crippen molar-refractivity contribution in [3.8, 4) is 33.6 Å². The van der Waals surface area contributed by atoms with Crippen molar-refractivity contribution in [2.24, 2.45) is 0 Å². The Morgan fingerprint density at radius 1 is 0.451 bits per heavy atom. The van der Waals surface area contributed by atoms with Crippen molar-refractivity contribution in [3.05, 3.63) is 199 Å². The van der Waals surface area contributed by atoms with E-state index in [2.05, 4.69) is 205 Å². The normalized spacial score (nSPS) is 11.8. The summed E-state index contributed by atoms with van der Waals surface area (Å²) >= 11 is 0. The van der Waals surface area contributed by atoms with Gasteiger partial charge in [0.05, 0.1) is 22.2 Å². The number of nitrogens with zero attached hydrogens (tertiary/aromatic N) is 2. The van der Waals surface area contributed by atoms with E-state index < -0.39 is 0 Å². The summed E-state index contributed by atoms with van der Waals surface area (Å²) in [5.74, 6) is 0. The van der Waals surface area contributed by atoms with Gasteiger partial charge >= 0.3 is 0 Å². The maximum atomic E-state index is 4.31. The molecule has 0 spiro atoms. The standard InChI is InChI=1S/C49H36N2/c1-3-46-44(42-21-10-13-24-48(42)51(46)41-20-14-19-39(32-41)36-17-8-5-9-18-36)31-34(2)38-27-30-49-45(33-38)43-22-11-12-23-47(43)50(49)40-28-25-37(26-29-40)35-15-6-4-7-16-35/h3-33H,1H2,2H3/b34-31+. The first-order valence-corrected chi connectivity index (χ1v) is 17.5. The van der Waals surface area contributed by atoms with Crippen molar-refractivity contribution in [1.82, 2.24) is 9.13 Å². The molecule has 2 heterocycles. The molecule has 0 saturated heterocycles. The molecule has 0 saturated carbocycles. The van der Waals surface area contributed by atoms with Crippen LogP contribution in [0.4, 0.5) is 0 Å². The van der Waals surface area contributed by atoms with Gasteiger partial charge < -0.3 is 9.13 Å². The summed E-state index contributed by atoms with van der Waals surface area (Å²) in [5, 5.41) is 3.69. The van der Waals surface area contributed by atoms with Gasteiger partial charge in [-0.3, -0.25) is 0 Å². The van der Waals surface area contributed by atoms with Crippen LogP contribution in [-0.4, -0.2) is 9.13 Å². The van der Waals surface area contributed by atoms with E-state index in [0.29, 0.717) is 0 Å². The van der Waals surface area contributed by atoms with E-state index in [4.69, 9.17) is 0 Å². The first-order chi connectivity index (χ1) is 25.2. The maximum absolute atomic E-state index is 4.31. The second-order valence-electron chi connectivity index (χ2n) is 13.1. The zero-order valence-corrected chi connectivity index (χ0v) is 28.5. The van der Waals surface area contributed by atoms with Crippen molar-refractivity contribution in [2.75, 3.05) is 0 Å². The van der Waals surface area contributed by atoms with Crippen molar-refractivity contribution in [2.45, 2.75) is 6.92 Å². The number of benzene rings is 7. The number of para-hydroxylation sites is 2. The predicted molar refractivity (Wildman–Crippen MR) is 219 cm³/mol. The number of rotatable bonds is 7. The van der Waals surface area contributed by atoms with E-state index >= 15 is 0 Å². The minimum atomic E-state index is 1.08. The molecule has 0 aliphatic carbocycles. The second kappa shape index (κ2) is 12.7. The average molecular weight is 653 g/mol. The average Bonchev–Trinajstić information content (AvgIpc) is 3.70. The third kappa shape index (κ3) is 5.29. The molecule has 0 unspecified atom stereocenters. The van der Waals surface area contributed by atoms with Gasteiger partial charge in [0.2, 0.25) is 0 Å². The Kier molecular flexibility index (Phi) is 7.56. The summed E-state index contributed by atoms with van der Waals surface area (Å²) < 4.78 is 4.73. The van der Waals surface area contributed by atoms with Crippen LogP contribution in [0.1, 0.15) is 23.7 Å². The zero-order valence-electron chi connectivity index (χ0n) is 28.5. The smallest absolute Gasteiger partial charge is 0.0541 e. The lowest BCUT2D eigenvalue weighted by atomic mass is 10.0. The fraction of sp³-hybridized carbons (Fsp3) is 0.0204. The largest absolute Gasteiger partial charge is 0.309 e. The lowest BCUT2D eigenvalue weighted by Crippen LogP contribution is -1.97. The number of hydrogen-bond acceptors (Lipinski definition) is 0. The molecule has 242 valence electrons. The molecule has 0 atom stereocenters. The molecule has 9 aromatic rings. The van der Waals surface area contributed by atoms with Crippen LogP contribution < -0.4 is 0 Å². The van der Waals surface area contributed by atoms with Crippen LogP contribution in [-0.2, 0) is 0 Å². The molecule has 0 fully saturated rings. The maximum Gasteiger partial charge on any atom is 0.0541 e. The minimum absolute atomic E-state index is 1.08. The van der Waals surface area contributed by atoms with E-state index in [-0.39, 0.29) is 0 Å². The van der Waals surface area contributed by atoms with Crippen LogP contribution in [0.5, 0.6) is 0 Å². The fourth-order valence-electron chi connectivity index (χ4n) is 7.60. The summed E-state index contributed by atoms with van der Waals surface area (Å²) in [6, 6.07) is 63.1. The first-order valence-electron chi connectivity index (χ1n) is 17.5. The highest BCUT2D eigenvalue weighted by Crippen LogP contribution is 2.37. The second-order valence-corrected chi connectivity index (χ2v) is 13.1. The Bertz CT molecular complexity index is 2740. The van der Waals surface area contributed by atoms with Gasteiger partial charge in [-0.15, -0.1) is 0 Å². The van der Waals surface area contributed by atoms with Crippen LogP contribution >= 0.6 is 0 Å². The number of allylic oxidation sites excluding steroid dienone is 1. The van der Waals surface area contributed by atoms with E-state index in [1.54, 1.807) is 0 Å². The van der Waals surface area contributed by atoms with Crippen LogP contribution in [0, 0.1) is 0 Å². The van der Waals surface area contributed by atoms with Crippen molar-refractivity contribution < 1.29 is 0 Å². The minimum Gasteiger partial charge on any atom is -0.309 e. The summed E-state index contributed by atoms with van der Waals surface area (Å²) in [5.41, 5.74) is 15.3. The van der Waals surface area contributed by atoms with E-state index in [1.165, 1.54) is 66.1 Å². The summed E-state index contributed by atoms with van der Waals surface area (Å²) in [6.07, 6.45) is 4.33. The SMILES string of the molecule is C=Cc1c(/C=C(\C)c2ccc3c(c2)c2ccccc2n3-c2ccc(-c3ccccc3)cc2)c2ccccc2n1-c1cccc(-c2ccccc2)c1. The van der Waals surface area contributed by atoms with Crippen molar-refractivity contribution in [1.29, 1.82) is 0 Å². The molecule has 2 aromatic heterocycles. The lowest BCUT2D eigenvalue weighted by Gasteiger charge is -2.12. The predicted octanol–water partition coefficient (Wildman–Crippen LogP) is 13.3. The van der Waals surface area contributed by atoms with Crippen LogP contribution in [0.15, 0.2) is 183 Å². The highest BCUT2D eigenvalue weighted by molar-refractivity contribution is 6.10. The van der Waals surface area contributed by atoms with Gasteiger partial charge in [-0.2, -0.15) is 0 Å². The molecule has 0 amide bonds. The number of fused-ring (bicyclic) bond motifs is 4. The third-order valence-corrected chi connectivity index (χ3v) is 10.1. The molecule has 2 heteroatoms.